The van der Waals surface area contributed by atoms with Gasteiger partial charge in [-0.1, -0.05) is 12.1 Å². The van der Waals surface area contributed by atoms with Crippen LogP contribution < -0.4 is 5.32 Å². The number of nitrogens with zero attached hydrogens (tertiary/aromatic N) is 3. The maximum Gasteiger partial charge on any atom is 0.308 e. The first-order valence-electron chi connectivity index (χ1n) is 11.3. The summed E-state index contributed by atoms with van der Waals surface area (Å²) < 4.78 is 7.36. The first kappa shape index (κ1) is 21.3. The van der Waals surface area contributed by atoms with Crippen LogP contribution in [0, 0.1) is 26.7 Å². The molecular weight excluding hydrogens is 388 g/mol. The van der Waals surface area contributed by atoms with Crippen LogP contribution in [0.5, 0.6) is 0 Å². The maximum absolute atomic E-state index is 11.9. The third-order valence-electron chi connectivity index (χ3n) is 6.23. The summed E-state index contributed by atoms with van der Waals surface area (Å²) >= 11 is 0. The highest BCUT2D eigenvalue weighted by Gasteiger charge is 2.27. The van der Waals surface area contributed by atoms with Crippen LogP contribution in [0.3, 0.4) is 0 Å². The largest absolute Gasteiger partial charge is 0.466 e. The Morgan fingerprint density at radius 3 is 2.48 bits per heavy atom. The minimum absolute atomic E-state index is 0.0347. The number of ether oxygens (including phenoxy) is 1. The smallest absolute Gasteiger partial charge is 0.308 e. The van der Waals surface area contributed by atoms with E-state index in [9.17, 15) is 4.79 Å². The lowest BCUT2D eigenvalue weighted by atomic mass is 9.86. The summed E-state index contributed by atoms with van der Waals surface area (Å²) in [7, 11) is 0. The van der Waals surface area contributed by atoms with E-state index in [1.54, 1.807) is 0 Å². The highest BCUT2D eigenvalue weighted by molar-refractivity contribution is 5.76. The highest BCUT2D eigenvalue weighted by Crippen LogP contribution is 2.28. The molecule has 0 radical (unpaired) electrons. The van der Waals surface area contributed by atoms with E-state index in [2.05, 4.69) is 47.1 Å². The number of anilines is 1. The molecule has 1 saturated carbocycles. The monoisotopic (exact) mass is 420 g/mol. The average molecular weight is 421 g/mol. The number of hydrogen-bond acceptors (Lipinski definition) is 5. The SMILES string of the molecule is CCOC(=O)[C@H]1CC[C@@H](Nc2ccc(Cn3c(C)nc4c(C)cc(C)nc43)cc2)CC1. The van der Waals surface area contributed by atoms with Crippen LogP contribution in [0.15, 0.2) is 30.3 Å². The van der Waals surface area contributed by atoms with E-state index in [1.165, 1.54) is 11.1 Å². The van der Waals surface area contributed by atoms with Crippen molar-refractivity contribution in [3.8, 4) is 0 Å². The Morgan fingerprint density at radius 1 is 1.10 bits per heavy atom. The summed E-state index contributed by atoms with van der Waals surface area (Å²) in [5, 5.41) is 3.63. The zero-order valence-electron chi connectivity index (χ0n) is 18.9. The van der Waals surface area contributed by atoms with E-state index >= 15 is 0 Å². The summed E-state index contributed by atoms with van der Waals surface area (Å²) in [5.41, 5.74) is 6.47. The molecule has 1 N–H and O–H groups in total. The molecule has 0 amide bonds. The normalized spacial score (nSPS) is 18.8. The van der Waals surface area contributed by atoms with E-state index in [4.69, 9.17) is 14.7 Å². The van der Waals surface area contributed by atoms with Crippen molar-refractivity contribution in [3.05, 3.63) is 53.0 Å². The van der Waals surface area contributed by atoms with Crippen molar-refractivity contribution < 1.29 is 9.53 Å². The molecule has 2 aromatic heterocycles. The van der Waals surface area contributed by atoms with E-state index in [-0.39, 0.29) is 11.9 Å². The molecule has 0 saturated heterocycles. The molecule has 1 fully saturated rings. The molecule has 6 nitrogen and oxygen atoms in total. The number of aryl methyl sites for hydroxylation is 3. The second-order valence-corrected chi connectivity index (χ2v) is 8.64. The number of benzene rings is 1. The number of esters is 1. The van der Waals surface area contributed by atoms with Crippen LogP contribution in [-0.2, 0) is 16.1 Å². The fourth-order valence-corrected chi connectivity index (χ4v) is 4.56. The lowest BCUT2D eigenvalue weighted by Gasteiger charge is -2.28. The van der Waals surface area contributed by atoms with Gasteiger partial charge in [0.25, 0.3) is 0 Å². The molecule has 0 atom stereocenters. The van der Waals surface area contributed by atoms with Crippen LogP contribution in [0.2, 0.25) is 0 Å². The van der Waals surface area contributed by atoms with Gasteiger partial charge in [-0.2, -0.15) is 0 Å². The molecule has 164 valence electrons. The Balaban J connectivity index is 1.39. The summed E-state index contributed by atoms with van der Waals surface area (Å²) in [5.74, 6) is 1.01. The third-order valence-corrected chi connectivity index (χ3v) is 6.23. The van der Waals surface area contributed by atoms with Gasteiger partial charge in [-0.3, -0.25) is 4.79 Å². The van der Waals surface area contributed by atoms with Crippen LogP contribution in [0.25, 0.3) is 11.2 Å². The Hall–Kier alpha value is -2.89. The van der Waals surface area contributed by atoms with Crippen molar-refractivity contribution in [2.45, 2.75) is 66.0 Å². The Labute approximate surface area is 184 Å². The van der Waals surface area contributed by atoms with Crippen LogP contribution in [-0.4, -0.2) is 33.2 Å². The van der Waals surface area contributed by atoms with Gasteiger partial charge in [0, 0.05) is 17.4 Å². The van der Waals surface area contributed by atoms with Crippen LogP contribution >= 0.6 is 0 Å². The molecule has 0 spiro atoms. The minimum atomic E-state index is -0.0347. The maximum atomic E-state index is 11.9. The molecule has 1 aliphatic carbocycles. The Bertz CT molecular complexity index is 1060. The molecule has 2 heterocycles. The van der Waals surface area contributed by atoms with Crippen molar-refractivity contribution in [2.24, 2.45) is 5.92 Å². The minimum Gasteiger partial charge on any atom is -0.466 e. The fourth-order valence-electron chi connectivity index (χ4n) is 4.56. The molecule has 0 aliphatic heterocycles. The molecule has 31 heavy (non-hydrogen) atoms. The Kier molecular flexibility index (Phi) is 6.25. The van der Waals surface area contributed by atoms with Gasteiger partial charge in [0.05, 0.1) is 19.1 Å². The number of fused-ring (bicyclic) bond motifs is 1. The topological polar surface area (TPSA) is 69.0 Å². The highest BCUT2D eigenvalue weighted by atomic mass is 16.5. The van der Waals surface area contributed by atoms with Crippen LogP contribution in [0.4, 0.5) is 5.69 Å². The van der Waals surface area contributed by atoms with Gasteiger partial charge in [0.1, 0.15) is 11.3 Å². The van der Waals surface area contributed by atoms with Crippen LogP contribution in [0.1, 0.15) is 55.3 Å². The van der Waals surface area contributed by atoms with Crippen molar-refractivity contribution in [3.63, 3.8) is 0 Å². The van der Waals surface area contributed by atoms with Gasteiger partial charge < -0.3 is 14.6 Å². The first-order valence-corrected chi connectivity index (χ1v) is 11.3. The van der Waals surface area contributed by atoms with Crippen molar-refractivity contribution in [2.75, 3.05) is 11.9 Å². The predicted octanol–water partition coefficient (Wildman–Crippen LogP) is 4.94. The predicted molar refractivity (Wildman–Crippen MR) is 123 cm³/mol. The van der Waals surface area contributed by atoms with Gasteiger partial charge in [-0.25, -0.2) is 9.97 Å². The second-order valence-electron chi connectivity index (χ2n) is 8.64. The summed E-state index contributed by atoms with van der Waals surface area (Å²) in [4.78, 5) is 21.4. The summed E-state index contributed by atoms with van der Waals surface area (Å²) in [6.07, 6.45) is 3.78. The quantitative estimate of drug-likeness (QED) is 0.572. The number of carbonyl (C=O) groups is 1. The standard InChI is InChI=1S/C25H32N4O2/c1-5-31-25(30)20-8-12-22(13-9-20)28-21-10-6-19(7-11-21)15-29-18(4)27-23-16(2)14-17(3)26-24(23)29/h6-7,10-11,14,20,22,28H,5,8-9,12-13,15H2,1-4H3/t20-,22+. The molecule has 6 heteroatoms. The molecular formula is C25H32N4O2. The Morgan fingerprint density at radius 2 is 1.81 bits per heavy atom. The zero-order chi connectivity index (χ0) is 22.0. The number of nitrogens with one attached hydrogen (secondary N) is 1. The average Bonchev–Trinajstić information content (AvgIpc) is 3.06. The van der Waals surface area contributed by atoms with Gasteiger partial charge in [-0.05, 0) is 82.7 Å². The number of hydrogen-bond donors (Lipinski definition) is 1. The lowest BCUT2D eigenvalue weighted by Crippen LogP contribution is -2.30. The second kappa shape index (κ2) is 9.08. The molecule has 4 rings (SSSR count). The molecule has 0 bridgehead atoms. The number of pyridine rings is 1. The van der Waals surface area contributed by atoms with Crippen molar-refractivity contribution in [1.82, 2.24) is 14.5 Å². The first-order chi connectivity index (χ1) is 14.9. The number of imidazole rings is 1. The van der Waals surface area contributed by atoms with E-state index in [0.29, 0.717) is 12.6 Å². The molecule has 3 aromatic rings. The van der Waals surface area contributed by atoms with E-state index in [0.717, 1.165) is 60.6 Å². The van der Waals surface area contributed by atoms with Gasteiger partial charge in [0.2, 0.25) is 0 Å². The van der Waals surface area contributed by atoms with Gasteiger partial charge in [0.15, 0.2) is 5.65 Å². The number of carbonyl (C=O) groups excluding carboxylic acids is 1. The van der Waals surface area contributed by atoms with Crippen molar-refractivity contribution in [1.29, 1.82) is 0 Å². The third kappa shape index (κ3) is 4.73. The summed E-state index contributed by atoms with van der Waals surface area (Å²) in [6.45, 7) is 9.24. The lowest BCUT2D eigenvalue weighted by molar-refractivity contribution is -0.149. The fraction of sp³-hybridized carbons (Fsp3) is 0.480. The number of aromatic nitrogens is 3. The molecule has 0 unspecified atom stereocenters. The zero-order valence-corrected chi connectivity index (χ0v) is 18.9. The summed E-state index contributed by atoms with van der Waals surface area (Å²) in [6, 6.07) is 11.1. The van der Waals surface area contributed by atoms with E-state index in [1.807, 2.05) is 20.8 Å². The molecule has 1 aliphatic rings. The number of rotatable bonds is 6. The van der Waals surface area contributed by atoms with E-state index < -0.39 is 0 Å². The van der Waals surface area contributed by atoms with Gasteiger partial charge >= 0.3 is 5.97 Å². The molecule has 1 aromatic carbocycles. The van der Waals surface area contributed by atoms with Gasteiger partial charge in [-0.15, -0.1) is 0 Å². The van der Waals surface area contributed by atoms with Crippen molar-refractivity contribution >= 4 is 22.8 Å².